The van der Waals surface area contributed by atoms with Crippen LogP contribution in [0.5, 0.6) is 0 Å². The molecule has 24 heavy (non-hydrogen) atoms. The fourth-order valence-corrected chi connectivity index (χ4v) is 4.50. The molecule has 1 fully saturated rings. The first-order valence-electron chi connectivity index (χ1n) is 7.94. The second kappa shape index (κ2) is 7.80. The smallest absolute Gasteiger partial charge is 0.371 e. The van der Waals surface area contributed by atoms with Crippen molar-refractivity contribution in [2.75, 3.05) is 12.3 Å². The molecular formula is C15H22N2O6S. The molecule has 0 aromatic carbocycles. The molecule has 1 atom stereocenters. The van der Waals surface area contributed by atoms with E-state index in [1.54, 1.807) is 6.92 Å². The molecule has 0 spiro atoms. The minimum Gasteiger partial charge on any atom is -0.475 e. The number of rotatable bonds is 7. The number of nitrogens with zero attached hydrogens (tertiary/aromatic N) is 1. The second-order valence-electron chi connectivity index (χ2n) is 5.73. The van der Waals surface area contributed by atoms with Gasteiger partial charge in [0.2, 0.25) is 21.7 Å². The summed E-state index contributed by atoms with van der Waals surface area (Å²) in [6, 6.07) is 2.06. The van der Waals surface area contributed by atoms with Crippen LogP contribution < -0.4 is 5.32 Å². The highest BCUT2D eigenvalue weighted by molar-refractivity contribution is 7.89. The number of hydrogen-bond acceptors (Lipinski definition) is 5. The molecule has 134 valence electrons. The Morgan fingerprint density at radius 3 is 2.75 bits per heavy atom. The van der Waals surface area contributed by atoms with Crippen molar-refractivity contribution in [1.82, 2.24) is 9.62 Å². The first kappa shape index (κ1) is 18.5. The van der Waals surface area contributed by atoms with E-state index in [2.05, 4.69) is 5.32 Å². The van der Waals surface area contributed by atoms with Crippen molar-refractivity contribution in [1.29, 1.82) is 0 Å². The van der Waals surface area contributed by atoms with E-state index in [9.17, 15) is 18.0 Å². The fraction of sp³-hybridized carbons (Fsp3) is 0.600. The summed E-state index contributed by atoms with van der Waals surface area (Å²) in [5.74, 6) is -1.44. The van der Waals surface area contributed by atoms with Crippen LogP contribution in [0.2, 0.25) is 0 Å². The van der Waals surface area contributed by atoms with E-state index in [0.717, 1.165) is 12.8 Å². The zero-order chi connectivity index (χ0) is 17.7. The second-order valence-corrected chi connectivity index (χ2v) is 7.77. The quantitative estimate of drug-likeness (QED) is 0.756. The molecule has 1 aromatic rings. The van der Waals surface area contributed by atoms with Gasteiger partial charge in [-0.3, -0.25) is 4.79 Å². The van der Waals surface area contributed by atoms with Crippen molar-refractivity contribution in [3.8, 4) is 0 Å². The van der Waals surface area contributed by atoms with E-state index >= 15 is 0 Å². The van der Waals surface area contributed by atoms with Gasteiger partial charge in [-0.2, -0.15) is 4.31 Å². The van der Waals surface area contributed by atoms with Crippen LogP contribution in [0.3, 0.4) is 0 Å². The van der Waals surface area contributed by atoms with Gasteiger partial charge in [0.05, 0.1) is 12.3 Å². The number of carboxylic acids is 1. The van der Waals surface area contributed by atoms with Crippen LogP contribution in [0.25, 0.3) is 0 Å². The van der Waals surface area contributed by atoms with Gasteiger partial charge in [0.15, 0.2) is 0 Å². The molecule has 9 heteroatoms. The molecule has 8 nitrogen and oxygen atoms in total. The van der Waals surface area contributed by atoms with Gasteiger partial charge in [0, 0.05) is 6.54 Å². The number of furan rings is 1. The number of amides is 1. The fourth-order valence-electron chi connectivity index (χ4n) is 2.76. The van der Waals surface area contributed by atoms with Gasteiger partial charge in [-0.05, 0) is 31.4 Å². The lowest BCUT2D eigenvalue weighted by molar-refractivity contribution is -0.125. The van der Waals surface area contributed by atoms with Crippen molar-refractivity contribution in [3.63, 3.8) is 0 Å². The van der Waals surface area contributed by atoms with E-state index in [0.29, 0.717) is 25.1 Å². The molecule has 0 aliphatic carbocycles. The molecule has 2 heterocycles. The normalized spacial score (nSPS) is 19.1. The average Bonchev–Trinajstić information content (AvgIpc) is 3.02. The van der Waals surface area contributed by atoms with Crippen molar-refractivity contribution in [2.45, 2.75) is 45.2 Å². The minimum absolute atomic E-state index is 0.0181. The van der Waals surface area contributed by atoms with Crippen LogP contribution in [0.4, 0.5) is 0 Å². The summed E-state index contributed by atoms with van der Waals surface area (Å²) in [7, 11) is -3.45. The maximum absolute atomic E-state index is 12.4. The summed E-state index contributed by atoms with van der Waals surface area (Å²) >= 11 is 0. The van der Waals surface area contributed by atoms with Crippen molar-refractivity contribution in [3.05, 3.63) is 23.7 Å². The maximum Gasteiger partial charge on any atom is 0.371 e. The Bertz CT molecular complexity index is 697. The number of carbonyl (C=O) groups excluding carboxylic acids is 1. The number of carboxylic acid groups (broad SMARTS) is 1. The molecule has 0 saturated carbocycles. The van der Waals surface area contributed by atoms with Gasteiger partial charge in [0.25, 0.3) is 0 Å². The van der Waals surface area contributed by atoms with E-state index in [1.807, 2.05) is 0 Å². The summed E-state index contributed by atoms with van der Waals surface area (Å²) in [6.45, 7) is 2.15. The summed E-state index contributed by atoms with van der Waals surface area (Å²) in [5, 5.41) is 11.4. The third-order valence-electron chi connectivity index (χ3n) is 3.89. The first-order valence-corrected chi connectivity index (χ1v) is 9.55. The number of piperidine rings is 1. The van der Waals surface area contributed by atoms with Crippen LogP contribution in [0.15, 0.2) is 16.5 Å². The van der Waals surface area contributed by atoms with Crippen molar-refractivity contribution < 1.29 is 27.5 Å². The molecule has 2 rings (SSSR count). The number of carbonyl (C=O) groups is 2. The molecule has 1 saturated heterocycles. The van der Waals surface area contributed by atoms with Crippen molar-refractivity contribution in [2.24, 2.45) is 0 Å². The highest BCUT2D eigenvalue weighted by atomic mass is 32.2. The summed E-state index contributed by atoms with van der Waals surface area (Å²) in [4.78, 5) is 23.2. The molecule has 2 N–H and O–H groups in total. The largest absolute Gasteiger partial charge is 0.475 e. The number of nitrogens with one attached hydrogen (secondary N) is 1. The Hall–Kier alpha value is -1.87. The summed E-state index contributed by atoms with van der Waals surface area (Å²) in [5.41, 5.74) is 0. The van der Waals surface area contributed by atoms with Crippen LogP contribution >= 0.6 is 0 Å². The van der Waals surface area contributed by atoms with Gasteiger partial charge in [-0.25, -0.2) is 13.2 Å². The molecule has 1 unspecified atom stereocenters. The molecule has 0 bridgehead atoms. The lowest BCUT2D eigenvalue weighted by atomic mass is 10.0. The Morgan fingerprint density at radius 2 is 2.12 bits per heavy atom. The summed E-state index contributed by atoms with van der Waals surface area (Å²) in [6.07, 6.45) is 2.51. The lowest BCUT2D eigenvalue weighted by Crippen LogP contribution is -2.52. The lowest BCUT2D eigenvalue weighted by Gasteiger charge is -2.33. The zero-order valence-electron chi connectivity index (χ0n) is 13.5. The highest BCUT2D eigenvalue weighted by Crippen LogP contribution is 2.21. The predicted octanol–water partition coefficient (Wildman–Crippen LogP) is 1.19. The monoisotopic (exact) mass is 358 g/mol. The number of aromatic carboxylic acids is 1. The standard InChI is InChI=1S/C15H22N2O6S/c1-2-9-24(21,22)17-8-4-3-5-12(17)14(18)16-10-11-6-7-13(23-11)15(19)20/h6-7,12H,2-5,8-10H2,1H3,(H,16,18)(H,19,20). The van der Waals surface area contributed by atoms with E-state index in [4.69, 9.17) is 9.52 Å². The average molecular weight is 358 g/mol. The zero-order valence-corrected chi connectivity index (χ0v) is 14.3. The minimum atomic E-state index is -3.45. The van der Waals surface area contributed by atoms with Gasteiger partial charge < -0.3 is 14.8 Å². The van der Waals surface area contributed by atoms with Gasteiger partial charge >= 0.3 is 5.97 Å². The van der Waals surface area contributed by atoms with E-state index in [1.165, 1.54) is 16.4 Å². The number of hydrogen-bond donors (Lipinski definition) is 2. The predicted molar refractivity (Wildman–Crippen MR) is 85.9 cm³/mol. The van der Waals surface area contributed by atoms with Crippen LogP contribution in [0, 0.1) is 0 Å². The molecule has 1 aromatic heterocycles. The van der Waals surface area contributed by atoms with Crippen LogP contribution in [-0.4, -0.2) is 48.0 Å². The molecule has 0 radical (unpaired) electrons. The Morgan fingerprint density at radius 1 is 1.38 bits per heavy atom. The Balaban J connectivity index is 2.01. The van der Waals surface area contributed by atoms with Crippen molar-refractivity contribution >= 4 is 21.9 Å². The van der Waals surface area contributed by atoms with Gasteiger partial charge in [-0.1, -0.05) is 13.3 Å². The van der Waals surface area contributed by atoms with E-state index in [-0.39, 0.29) is 24.0 Å². The molecule has 1 amide bonds. The Kier molecular flexibility index (Phi) is 6.00. The third-order valence-corrected chi connectivity index (χ3v) is 5.96. The molecular weight excluding hydrogens is 336 g/mol. The maximum atomic E-state index is 12.4. The summed E-state index contributed by atoms with van der Waals surface area (Å²) < 4.78 is 31.0. The number of sulfonamides is 1. The SMILES string of the molecule is CCCS(=O)(=O)N1CCCCC1C(=O)NCc1ccc(C(=O)O)o1. The van der Waals surface area contributed by atoms with Crippen LogP contribution in [0.1, 0.15) is 48.9 Å². The van der Waals surface area contributed by atoms with E-state index < -0.39 is 22.0 Å². The molecule has 1 aliphatic rings. The highest BCUT2D eigenvalue weighted by Gasteiger charge is 2.36. The third kappa shape index (κ3) is 4.35. The topological polar surface area (TPSA) is 117 Å². The first-order chi connectivity index (χ1) is 11.3. The Labute approximate surface area is 140 Å². The van der Waals surface area contributed by atoms with Crippen LogP contribution in [-0.2, 0) is 21.4 Å². The van der Waals surface area contributed by atoms with Gasteiger partial charge in [0.1, 0.15) is 11.8 Å². The van der Waals surface area contributed by atoms with Gasteiger partial charge in [-0.15, -0.1) is 0 Å². The molecule has 1 aliphatic heterocycles.